The lowest BCUT2D eigenvalue weighted by atomic mass is 9.98. The highest BCUT2D eigenvalue weighted by atomic mass is 16.2. The Labute approximate surface area is 114 Å². The van der Waals surface area contributed by atoms with Crippen molar-refractivity contribution in [3.05, 3.63) is 23.8 Å². The number of nitrogen functional groups attached to an aromatic ring is 1. The van der Waals surface area contributed by atoms with Crippen molar-refractivity contribution in [1.82, 2.24) is 0 Å². The quantitative estimate of drug-likeness (QED) is 0.621. The first-order valence-electron chi connectivity index (χ1n) is 7.46. The zero-order valence-electron chi connectivity index (χ0n) is 11.4. The molecule has 102 valence electrons. The van der Waals surface area contributed by atoms with Crippen LogP contribution >= 0.6 is 0 Å². The van der Waals surface area contributed by atoms with Crippen LogP contribution in [0.3, 0.4) is 0 Å². The molecule has 1 heterocycles. The zero-order valence-corrected chi connectivity index (χ0v) is 11.4. The molecule has 0 spiro atoms. The van der Waals surface area contributed by atoms with Gasteiger partial charge in [0.15, 0.2) is 0 Å². The van der Waals surface area contributed by atoms with Crippen molar-refractivity contribution in [1.29, 1.82) is 0 Å². The number of nitrogens with two attached hydrogens (primary N) is 1. The van der Waals surface area contributed by atoms with Crippen molar-refractivity contribution in [2.24, 2.45) is 5.92 Å². The van der Waals surface area contributed by atoms with Crippen molar-refractivity contribution in [2.75, 3.05) is 17.2 Å². The second kappa shape index (κ2) is 5.24. The second-order valence-electron chi connectivity index (χ2n) is 5.78. The summed E-state index contributed by atoms with van der Waals surface area (Å²) in [4.78, 5) is 14.7. The number of hydrogen-bond acceptors (Lipinski definition) is 2. The smallest absolute Gasteiger partial charge is 0.230 e. The molecule has 3 heteroatoms. The molecular weight excluding hydrogens is 236 g/mol. The van der Waals surface area contributed by atoms with E-state index in [1.54, 1.807) is 0 Å². The third-order valence-electron chi connectivity index (χ3n) is 4.50. The molecule has 2 aliphatic rings. The maximum atomic E-state index is 12.7. The Hall–Kier alpha value is -1.51. The lowest BCUT2D eigenvalue weighted by Crippen LogP contribution is -2.35. The van der Waals surface area contributed by atoms with E-state index in [1.165, 1.54) is 31.2 Å². The predicted octanol–water partition coefficient (Wildman–Crippen LogP) is 3.13. The molecule has 0 radical (unpaired) electrons. The standard InChI is InChI=1S/C16H22N2O/c17-14-9-5-8-12-10-11-18(15(12)14)16(19)13-6-3-1-2-4-7-13/h5,8-9,13H,1-4,6-7,10-11,17H2. The Morgan fingerprint density at radius 1 is 1.16 bits per heavy atom. The van der Waals surface area contributed by atoms with Gasteiger partial charge < -0.3 is 10.6 Å². The van der Waals surface area contributed by atoms with Gasteiger partial charge in [-0.15, -0.1) is 0 Å². The Kier molecular flexibility index (Phi) is 3.45. The minimum absolute atomic E-state index is 0.216. The number of hydrogen-bond donors (Lipinski definition) is 1. The van der Waals surface area contributed by atoms with Gasteiger partial charge in [-0.1, -0.05) is 37.8 Å². The molecule has 1 amide bonds. The van der Waals surface area contributed by atoms with Crippen LogP contribution in [0.4, 0.5) is 11.4 Å². The summed E-state index contributed by atoms with van der Waals surface area (Å²) in [6.07, 6.45) is 8.00. The van der Waals surface area contributed by atoms with E-state index in [4.69, 9.17) is 5.73 Å². The highest BCUT2D eigenvalue weighted by Crippen LogP contribution is 2.36. The number of benzene rings is 1. The van der Waals surface area contributed by atoms with Crippen LogP contribution in [0.25, 0.3) is 0 Å². The number of rotatable bonds is 1. The molecule has 3 rings (SSSR count). The van der Waals surface area contributed by atoms with Gasteiger partial charge in [0.2, 0.25) is 5.91 Å². The molecule has 1 aliphatic heterocycles. The average Bonchev–Trinajstić information content (AvgIpc) is 2.67. The maximum absolute atomic E-state index is 12.7. The minimum atomic E-state index is 0.216. The van der Waals surface area contributed by atoms with Crippen LogP contribution in [0.15, 0.2) is 18.2 Å². The van der Waals surface area contributed by atoms with Crippen LogP contribution in [0, 0.1) is 5.92 Å². The highest BCUT2D eigenvalue weighted by molar-refractivity contribution is 6.00. The molecule has 1 aromatic carbocycles. The van der Waals surface area contributed by atoms with E-state index >= 15 is 0 Å². The fourth-order valence-corrected chi connectivity index (χ4v) is 3.45. The van der Waals surface area contributed by atoms with E-state index in [0.29, 0.717) is 5.91 Å². The van der Waals surface area contributed by atoms with Crippen molar-refractivity contribution >= 4 is 17.3 Å². The van der Waals surface area contributed by atoms with Gasteiger partial charge in [-0.25, -0.2) is 0 Å². The number of para-hydroxylation sites is 1. The Bertz CT molecular complexity index is 476. The zero-order chi connectivity index (χ0) is 13.2. The molecule has 1 aliphatic carbocycles. The monoisotopic (exact) mass is 258 g/mol. The summed E-state index contributed by atoms with van der Waals surface area (Å²) in [5.41, 5.74) is 9.02. The van der Waals surface area contributed by atoms with Gasteiger partial charge in [0, 0.05) is 12.5 Å². The lowest BCUT2D eigenvalue weighted by Gasteiger charge is -2.24. The van der Waals surface area contributed by atoms with Crippen LogP contribution in [0.2, 0.25) is 0 Å². The highest BCUT2D eigenvalue weighted by Gasteiger charge is 2.31. The Morgan fingerprint density at radius 3 is 2.63 bits per heavy atom. The van der Waals surface area contributed by atoms with E-state index in [2.05, 4.69) is 6.07 Å². The molecule has 0 aromatic heterocycles. The molecule has 0 unspecified atom stereocenters. The van der Waals surface area contributed by atoms with Crippen molar-refractivity contribution in [3.8, 4) is 0 Å². The lowest BCUT2D eigenvalue weighted by molar-refractivity contribution is -0.122. The van der Waals surface area contributed by atoms with Crippen molar-refractivity contribution in [3.63, 3.8) is 0 Å². The van der Waals surface area contributed by atoms with Gasteiger partial charge in [-0.05, 0) is 30.9 Å². The molecule has 1 fully saturated rings. The van der Waals surface area contributed by atoms with Gasteiger partial charge in [-0.3, -0.25) is 4.79 Å². The molecule has 1 aromatic rings. The van der Waals surface area contributed by atoms with Gasteiger partial charge >= 0.3 is 0 Å². The van der Waals surface area contributed by atoms with E-state index < -0.39 is 0 Å². The van der Waals surface area contributed by atoms with Crippen LogP contribution in [0.1, 0.15) is 44.1 Å². The van der Waals surface area contributed by atoms with Crippen molar-refractivity contribution < 1.29 is 4.79 Å². The summed E-state index contributed by atoms with van der Waals surface area (Å²) < 4.78 is 0. The van der Waals surface area contributed by atoms with E-state index in [-0.39, 0.29) is 5.92 Å². The van der Waals surface area contributed by atoms with E-state index in [1.807, 2.05) is 17.0 Å². The Morgan fingerprint density at radius 2 is 1.89 bits per heavy atom. The molecule has 0 saturated heterocycles. The third kappa shape index (κ3) is 2.34. The number of carbonyl (C=O) groups is 1. The van der Waals surface area contributed by atoms with Gasteiger partial charge in [0.05, 0.1) is 11.4 Å². The fraction of sp³-hybridized carbons (Fsp3) is 0.562. The van der Waals surface area contributed by atoms with E-state index in [9.17, 15) is 4.79 Å². The first-order valence-corrected chi connectivity index (χ1v) is 7.46. The Balaban J connectivity index is 1.82. The van der Waals surface area contributed by atoms with E-state index in [0.717, 1.165) is 37.2 Å². The normalized spacial score (nSPS) is 20.1. The predicted molar refractivity (Wildman–Crippen MR) is 78.1 cm³/mol. The molecule has 2 N–H and O–H groups in total. The van der Waals surface area contributed by atoms with Crippen LogP contribution in [0.5, 0.6) is 0 Å². The van der Waals surface area contributed by atoms with Gasteiger partial charge in [0.25, 0.3) is 0 Å². The summed E-state index contributed by atoms with van der Waals surface area (Å²) in [5, 5.41) is 0. The molecule has 0 atom stereocenters. The van der Waals surface area contributed by atoms with Crippen LogP contribution in [-0.4, -0.2) is 12.5 Å². The topological polar surface area (TPSA) is 46.3 Å². The first-order chi connectivity index (χ1) is 9.27. The molecule has 3 nitrogen and oxygen atoms in total. The van der Waals surface area contributed by atoms with Crippen molar-refractivity contribution in [2.45, 2.75) is 44.9 Å². The van der Waals surface area contributed by atoms with Gasteiger partial charge in [0.1, 0.15) is 0 Å². The summed E-state index contributed by atoms with van der Waals surface area (Å²) in [7, 11) is 0. The average molecular weight is 258 g/mol. The molecular formula is C16H22N2O. The fourth-order valence-electron chi connectivity index (χ4n) is 3.45. The number of amides is 1. The maximum Gasteiger partial charge on any atom is 0.230 e. The molecule has 0 bridgehead atoms. The number of carbonyl (C=O) groups excluding carboxylic acids is 1. The molecule has 19 heavy (non-hydrogen) atoms. The summed E-state index contributed by atoms with van der Waals surface area (Å²) in [6, 6.07) is 5.97. The minimum Gasteiger partial charge on any atom is -0.397 e. The number of fused-ring (bicyclic) bond motifs is 1. The molecule has 1 saturated carbocycles. The summed E-state index contributed by atoms with van der Waals surface area (Å²) in [5.74, 6) is 0.520. The van der Waals surface area contributed by atoms with Crippen LogP contribution < -0.4 is 10.6 Å². The number of nitrogens with zero attached hydrogens (tertiary/aromatic N) is 1. The largest absolute Gasteiger partial charge is 0.397 e. The summed E-state index contributed by atoms with van der Waals surface area (Å²) in [6.45, 7) is 0.804. The van der Waals surface area contributed by atoms with Gasteiger partial charge in [-0.2, -0.15) is 0 Å². The SMILES string of the molecule is Nc1cccc2c1N(C(=O)C1CCCCCC1)CC2. The van der Waals surface area contributed by atoms with Crippen LogP contribution in [-0.2, 0) is 11.2 Å². The first kappa shape index (κ1) is 12.5. The third-order valence-corrected chi connectivity index (χ3v) is 4.50. The number of anilines is 2. The summed E-state index contributed by atoms with van der Waals surface area (Å²) >= 11 is 0. The second-order valence-corrected chi connectivity index (χ2v) is 5.78.